The summed E-state index contributed by atoms with van der Waals surface area (Å²) >= 11 is 0. The fraction of sp³-hybridized carbons (Fsp3) is 0.941. The maximum atomic E-state index is 12.7. The SMILES string of the molecule is CCCCCCCCCCCCCCCCCCCCCCCCCCCCCCC/C=C/C(O)C(COP(=O)([O-])OCC[N+](C)(C)C)NC(=O)CCCCCCCCC. The Labute approximate surface area is 373 Å². The third kappa shape index (κ3) is 45.3. The van der Waals surface area contributed by atoms with Crippen molar-refractivity contribution in [2.24, 2.45) is 0 Å². The third-order valence-corrected chi connectivity index (χ3v) is 13.0. The standard InChI is InChI=1S/C51H103N2O6P/c1-6-8-10-12-14-15-16-17-18-19-20-21-22-23-24-25-26-27-28-29-30-31-32-33-34-35-36-37-39-40-42-44-50(54)49(48-59-60(56,57)58-47-46-53(3,4)5)52-51(55)45-43-41-38-13-11-9-7-2/h42,44,49-50,54H,6-41,43,45-48H2,1-5H3,(H-,52,55,56,57)/b44-42+. The number of rotatable bonds is 48. The number of amides is 1. The molecule has 1 amide bonds. The van der Waals surface area contributed by atoms with Gasteiger partial charge in [0.15, 0.2) is 0 Å². The number of nitrogens with zero attached hydrogens (tertiary/aromatic N) is 1. The minimum Gasteiger partial charge on any atom is -0.756 e. The molecule has 0 saturated carbocycles. The van der Waals surface area contributed by atoms with Crippen molar-refractivity contribution in [3.63, 3.8) is 0 Å². The van der Waals surface area contributed by atoms with Gasteiger partial charge in [-0.2, -0.15) is 0 Å². The minimum atomic E-state index is -4.58. The van der Waals surface area contributed by atoms with E-state index in [0.29, 0.717) is 17.4 Å². The summed E-state index contributed by atoms with van der Waals surface area (Å²) in [7, 11) is 1.27. The largest absolute Gasteiger partial charge is 0.756 e. The molecule has 0 radical (unpaired) electrons. The number of allylic oxidation sites excluding steroid dienone is 1. The molecule has 0 fully saturated rings. The number of hydrogen-bond donors (Lipinski definition) is 2. The van der Waals surface area contributed by atoms with Crippen LogP contribution in [0.5, 0.6) is 0 Å². The maximum Gasteiger partial charge on any atom is 0.268 e. The predicted octanol–water partition coefficient (Wildman–Crippen LogP) is 14.5. The van der Waals surface area contributed by atoms with E-state index in [1.54, 1.807) is 6.08 Å². The lowest BCUT2D eigenvalue weighted by molar-refractivity contribution is -0.870. The van der Waals surface area contributed by atoms with E-state index < -0.39 is 20.0 Å². The molecule has 0 bridgehead atoms. The van der Waals surface area contributed by atoms with E-state index in [1.807, 2.05) is 27.2 Å². The lowest BCUT2D eigenvalue weighted by Crippen LogP contribution is -2.45. The van der Waals surface area contributed by atoms with Crippen molar-refractivity contribution in [1.82, 2.24) is 5.32 Å². The van der Waals surface area contributed by atoms with Crippen LogP contribution in [0.1, 0.15) is 258 Å². The van der Waals surface area contributed by atoms with Gasteiger partial charge in [0, 0.05) is 6.42 Å². The first-order valence-electron chi connectivity index (χ1n) is 26.1. The zero-order valence-electron chi connectivity index (χ0n) is 40.7. The van der Waals surface area contributed by atoms with Crippen LogP contribution in [0.25, 0.3) is 0 Å². The van der Waals surface area contributed by atoms with Crippen molar-refractivity contribution in [1.29, 1.82) is 0 Å². The molecule has 358 valence electrons. The second kappa shape index (κ2) is 43.5. The van der Waals surface area contributed by atoms with Gasteiger partial charge in [0.25, 0.3) is 7.82 Å². The van der Waals surface area contributed by atoms with Crippen molar-refractivity contribution < 1.29 is 32.9 Å². The fourth-order valence-corrected chi connectivity index (χ4v) is 8.58. The second-order valence-corrected chi connectivity index (χ2v) is 20.7. The van der Waals surface area contributed by atoms with E-state index in [2.05, 4.69) is 19.2 Å². The van der Waals surface area contributed by atoms with Crippen LogP contribution in [0.3, 0.4) is 0 Å². The molecular weight excluding hydrogens is 768 g/mol. The molecular formula is C51H103N2O6P. The van der Waals surface area contributed by atoms with Gasteiger partial charge in [-0.15, -0.1) is 0 Å². The molecule has 2 N–H and O–H groups in total. The monoisotopic (exact) mass is 871 g/mol. The average molecular weight is 871 g/mol. The smallest absolute Gasteiger partial charge is 0.268 e. The van der Waals surface area contributed by atoms with Gasteiger partial charge >= 0.3 is 0 Å². The number of phosphoric ester groups is 1. The third-order valence-electron chi connectivity index (χ3n) is 12.0. The van der Waals surface area contributed by atoms with Gasteiger partial charge in [0.1, 0.15) is 13.2 Å². The van der Waals surface area contributed by atoms with Crippen molar-refractivity contribution in [3.8, 4) is 0 Å². The number of carbonyl (C=O) groups excluding carboxylic acids is 1. The summed E-state index contributed by atoms with van der Waals surface area (Å²) in [5.41, 5.74) is 0. The summed E-state index contributed by atoms with van der Waals surface area (Å²) < 4.78 is 23.1. The number of unbranched alkanes of at least 4 members (excludes halogenated alkanes) is 35. The second-order valence-electron chi connectivity index (χ2n) is 19.2. The van der Waals surface area contributed by atoms with Gasteiger partial charge in [0.05, 0.1) is 39.9 Å². The van der Waals surface area contributed by atoms with E-state index in [4.69, 9.17) is 9.05 Å². The van der Waals surface area contributed by atoms with Crippen LogP contribution in [0.2, 0.25) is 0 Å². The van der Waals surface area contributed by atoms with Gasteiger partial charge in [-0.1, -0.05) is 244 Å². The molecule has 0 aliphatic carbocycles. The Kier molecular flexibility index (Phi) is 42.9. The molecule has 0 aromatic rings. The fourth-order valence-electron chi connectivity index (χ4n) is 7.86. The molecule has 3 atom stereocenters. The van der Waals surface area contributed by atoms with Crippen LogP contribution in [-0.4, -0.2) is 68.5 Å². The zero-order chi connectivity index (χ0) is 44.3. The Morgan fingerprint density at radius 1 is 0.567 bits per heavy atom. The molecule has 0 aromatic heterocycles. The number of likely N-dealkylation sites (N-methyl/N-ethyl adjacent to an activating group) is 1. The van der Waals surface area contributed by atoms with E-state index in [9.17, 15) is 19.4 Å². The summed E-state index contributed by atoms with van der Waals surface area (Å²) in [5.74, 6) is -0.202. The molecule has 0 aromatic carbocycles. The van der Waals surface area contributed by atoms with Crippen molar-refractivity contribution in [2.45, 2.75) is 270 Å². The summed E-state index contributed by atoms with van der Waals surface area (Å²) in [6.07, 6.45) is 51.8. The summed E-state index contributed by atoms with van der Waals surface area (Å²) in [6.45, 7) is 4.62. The average Bonchev–Trinajstić information content (AvgIpc) is 3.20. The maximum absolute atomic E-state index is 12.7. The first-order valence-corrected chi connectivity index (χ1v) is 27.5. The van der Waals surface area contributed by atoms with Gasteiger partial charge < -0.3 is 28.8 Å². The number of carbonyl (C=O) groups is 1. The molecule has 0 rings (SSSR count). The van der Waals surface area contributed by atoms with Crippen LogP contribution in [-0.2, 0) is 18.4 Å². The van der Waals surface area contributed by atoms with Gasteiger partial charge in [-0.3, -0.25) is 9.36 Å². The highest BCUT2D eigenvalue weighted by molar-refractivity contribution is 7.45. The first-order chi connectivity index (χ1) is 29.0. The number of phosphoric acid groups is 1. The molecule has 0 aliphatic rings. The van der Waals surface area contributed by atoms with E-state index >= 15 is 0 Å². The van der Waals surface area contributed by atoms with Crippen molar-refractivity contribution in [2.75, 3.05) is 40.9 Å². The molecule has 0 spiro atoms. The lowest BCUT2D eigenvalue weighted by Gasteiger charge is -2.29. The number of quaternary nitrogens is 1. The molecule has 0 heterocycles. The summed E-state index contributed by atoms with van der Waals surface area (Å²) in [5, 5.41) is 13.7. The molecule has 3 unspecified atom stereocenters. The van der Waals surface area contributed by atoms with Crippen molar-refractivity contribution in [3.05, 3.63) is 12.2 Å². The van der Waals surface area contributed by atoms with Crippen LogP contribution in [0.15, 0.2) is 12.2 Å². The predicted molar refractivity (Wildman–Crippen MR) is 256 cm³/mol. The highest BCUT2D eigenvalue weighted by Crippen LogP contribution is 2.38. The van der Waals surface area contributed by atoms with Gasteiger partial charge in [-0.05, 0) is 19.3 Å². The quantitative estimate of drug-likeness (QED) is 0.0273. The Bertz CT molecular complexity index is 989. The molecule has 0 aliphatic heterocycles. The molecule has 9 heteroatoms. The number of hydrogen-bond acceptors (Lipinski definition) is 6. The van der Waals surface area contributed by atoms with Crippen LogP contribution < -0.4 is 10.2 Å². The Hall–Kier alpha value is -0.760. The normalized spacial score (nSPS) is 14.2. The topological polar surface area (TPSA) is 108 Å². The summed E-state index contributed by atoms with van der Waals surface area (Å²) in [4.78, 5) is 25.1. The number of aliphatic hydroxyl groups is 1. The van der Waals surface area contributed by atoms with Crippen molar-refractivity contribution >= 4 is 13.7 Å². The van der Waals surface area contributed by atoms with E-state index in [1.165, 1.54) is 199 Å². The first kappa shape index (κ1) is 59.2. The van der Waals surface area contributed by atoms with Crippen LogP contribution >= 0.6 is 7.82 Å². The van der Waals surface area contributed by atoms with Crippen LogP contribution in [0.4, 0.5) is 0 Å². The lowest BCUT2D eigenvalue weighted by atomic mass is 10.0. The number of aliphatic hydroxyl groups excluding tert-OH is 1. The summed E-state index contributed by atoms with van der Waals surface area (Å²) in [6, 6.07) is -0.879. The van der Waals surface area contributed by atoms with Crippen LogP contribution in [0, 0.1) is 0 Å². The molecule has 8 nitrogen and oxygen atoms in total. The zero-order valence-corrected chi connectivity index (χ0v) is 41.6. The minimum absolute atomic E-state index is 0.00169. The van der Waals surface area contributed by atoms with Gasteiger partial charge in [-0.25, -0.2) is 0 Å². The Morgan fingerprint density at radius 3 is 1.25 bits per heavy atom. The molecule has 60 heavy (non-hydrogen) atoms. The Morgan fingerprint density at radius 2 is 0.900 bits per heavy atom. The highest BCUT2D eigenvalue weighted by atomic mass is 31.2. The van der Waals surface area contributed by atoms with Gasteiger partial charge in [0.2, 0.25) is 5.91 Å². The van der Waals surface area contributed by atoms with E-state index in [-0.39, 0.29) is 19.1 Å². The van der Waals surface area contributed by atoms with E-state index in [0.717, 1.165) is 38.5 Å². The number of nitrogens with one attached hydrogen (secondary N) is 1. The Balaban J connectivity index is 3.93. The highest BCUT2D eigenvalue weighted by Gasteiger charge is 2.23. The molecule has 0 saturated heterocycles.